The van der Waals surface area contributed by atoms with E-state index in [4.69, 9.17) is 9.57 Å². The number of fused-ring (bicyclic) bond motifs is 1. The summed E-state index contributed by atoms with van der Waals surface area (Å²) in [6, 6.07) is 3.76. The summed E-state index contributed by atoms with van der Waals surface area (Å²) in [5.74, 6) is -0.500. The van der Waals surface area contributed by atoms with Gasteiger partial charge in [-0.1, -0.05) is 0 Å². The highest BCUT2D eigenvalue weighted by Gasteiger charge is 2.25. The first-order valence-corrected chi connectivity index (χ1v) is 4.00. The average Bonchev–Trinajstić information content (AvgIpc) is 2.18. The van der Waals surface area contributed by atoms with E-state index >= 15 is 0 Å². The van der Waals surface area contributed by atoms with Crippen molar-refractivity contribution in [2.75, 3.05) is 13.8 Å². The zero-order chi connectivity index (χ0) is 10.1. The highest BCUT2D eigenvalue weighted by atomic mass is 19.1. The van der Waals surface area contributed by atoms with E-state index in [1.165, 1.54) is 25.3 Å². The Kier molecular flexibility index (Phi) is 2.09. The van der Waals surface area contributed by atoms with E-state index in [2.05, 4.69) is 0 Å². The summed E-state index contributed by atoms with van der Waals surface area (Å²) in [5, 5.41) is 1.06. The van der Waals surface area contributed by atoms with Gasteiger partial charge in [0.1, 0.15) is 11.6 Å². The van der Waals surface area contributed by atoms with Crippen LogP contribution in [-0.4, -0.2) is 24.8 Å². The van der Waals surface area contributed by atoms with Crippen molar-refractivity contribution in [2.45, 2.75) is 0 Å². The van der Waals surface area contributed by atoms with Crippen LogP contribution >= 0.6 is 0 Å². The van der Waals surface area contributed by atoms with Crippen molar-refractivity contribution in [3.05, 3.63) is 29.6 Å². The Morgan fingerprint density at radius 1 is 1.57 bits per heavy atom. The Morgan fingerprint density at radius 3 is 3.07 bits per heavy atom. The first kappa shape index (κ1) is 8.96. The Hall–Kier alpha value is -1.62. The van der Waals surface area contributed by atoms with Gasteiger partial charge in [-0.05, 0) is 12.1 Å². The van der Waals surface area contributed by atoms with Gasteiger partial charge in [0, 0.05) is 6.07 Å². The van der Waals surface area contributed by atoms with Gasteiger partial charge in [-0.25, -0.2) is 4.39 Å². The molecule has 0 unspecified atom stereocenters. The number of halogens is 1. The molecule has 14 heavy (non-hydrogen) atoms. The quantitative estimate of drug-likeness (QED) is 0.678. The Morgan fingerprint density at radius 2 is 2.36 bits per heavy atom. The smallest absolute Gasteiger partial charge is 0.284 e. The second-order valence-corrected chi connectivity index (χ2v) is 2.78. The van der Waals surface area contributed by atoms with E-state index < -0.39 is 5.82 Å². The summed E-state index contributed by atoms with van der Waals surface area (Å²) in [7, 11) is 1.37. The van der Waals surface area contributed by atoms with Crippen LogP contribution in [0.4, 0.5) is 4.39 Å². The molecule has 0 atom stereocenters. The van der Waals surface area contributed by atoms with Gasteiger partial charge in [0.05, 0.1) is 12.7 Å². The molecule has 0 spiro atoms. The van der Waals surface area contributed by atoms with Crippen LogP contribution in [0.1, 0.15) is 10.4 Å². The molecule has 0 aliphatic carbocycles. The second kappa shape index (κ2) is 3.26. The Bertz CT molecular complexity index is 380. The van der Waals surface area contributed by atoms with Crippen LogP contribution in [0.5, 0.6) is 5.75 Å². The third kappa shape index (κ3) is 1.31. The van der Waals surface area contributed by atoms with E-state index in [0.717, 1.165) is 5.06 Å². The van der Waals surface area contributed by atoms with Crippen molar-refractivity contribution in [3.8, 4) is 5.75 Å². The lowest BCUT2D eigenvalue weighted by Gasteiger charge is -2.26. The predicted molar refractivity (Wildman–Crippen MR) is 45.1 cm³/mol. The molecule has 0 radical (unpaired) electrons. The van der Waals surface area contributed by atoms with Crippen molar-refractivity contribution in [3.63, 3.8) is 0 Å². The summed E-state index contributed by atoms with van der Waals surface area (Å²) in [5.41, 5.74) is 0.305. The van der Waals surface area contributed by atoms with E-state index in [-0.39, 0.29) is 18.4 Å². The summed E-state index contributed by atoms with van der Waals surface area (Å²) in [6.07, 6.45) is 0. The fourth-order valence-electron chi connectivity index (χ4n) is 1.25. The van der Waals surface area contributed by atoms with Crippen molar-refractivity contribution >= 4 is 5.91 Å². The van der Waals surface area contributed by atoms with E-state index in [0.29, 0.717) is 5.56 Å². The van der Waals surface area contributed by atoms with Gasteiger partial charge in [-0.15, -0.1) is 0 Å². The summed E-state index contributed by atoms with van der Waals surface area (Å²) < 4.78 is 17.9. The zero-order valence-corrected chi connectivity index (χ0v) is 7.49. The van der Waals surface area contributed by atoms with E-state index in [9.17, 15) is 9.18 Å². The maximum atomic E-state index is 12.8. The first-order chi connectivity index (χ1) is 6.72. The fourth-order valence-corrected chi connectivity index (χ4v) is 1.25. The van der Waals surface area contributed by atoms with Crippen molar-refractivity contribution in [1.82, 2.24) is 5.06 Å². The molecule has 1 aromatic rings. The molecule has 1 aliphatic heterocycles. The molecule has 5 heteroatoms. The number of hydrogen-bond donors (Lipinski definition) is 0. The molecule has 0 saturated heterocycles. The van der Waals surface area contributed by atoms with Gasteiger partial charge in [-0.2, -0.15) is 5.06 Å². The van der Waals surface area contributed by atoms with Crippen LogP contribution in [0.3, 0.4) is 0 Å². The van der Waals surface area contributed by atoms with Gasteiger partial charge >= 0.3 is 0 Å². The number of carbonyl (C=O) groups excluding carboxylic acids is 1. The van der Waals surface area contributed by atoms with E-state index in [1.54, 1.807) is 0 Å². The Labute approximate surface area is 79.8 Å². The third-order valence-electron chi connectivity index (χ3n) is 1.96. The topological polar surface area (TPSA) is 38.8 Å². The minimum absolute atomic E-state index is 0.0220. The van der Waals surface area contributed by atoms with E-state index in [1.807, 2.05) is 0 Å². The molecule has 0 fully saturated rings. The molecule has 0 aromatic heterocycles. The monoisotopic (exact) mass is 197 g/mol. The highest BCUT2D eigenvalue weighted by molar-refractivity contribution is 5.97. The number of hydroxylamine groups is 2. The lowest BCUT2D eigenvalue weighted by atomic mass is 10.1. The largest absolute Gasteiger partial charge is 0.470 e. The maximum absolute atomic E-state index is 12.8. The maximum Gasteiger partial charge on any atom is 0.284 e. The first-order valence-electron chi connectivity index (χ1n) is 4.00. The summed E-state index contributed by atoms with van der Waals surface area (Å²) >= 11 is 0. The molecule has 0 bridgehead atoms. The molecule has 4 nitrogen and oxygen atoms in total. The summed E-state index contributed by atoms with van der Waals surface area (Å²) in [4.78, 5) is 16.3. The minimum Gasteiger partial charge on any atom is -0.470 e. The number of ether oxygens (including phenoxy) is 1. The van der Waals surface area contributed by atoms with Crippen molar-refractivity contribution in [2.24, 2.45) is 0 Å². The van der Waals surface area contributed by atoms with Crippen molar-refractivity contribution < 1.29 is 18.8 Å². The van der Waals surface area contributed by atoms with Gasteiger partial charge in [-0.3, -0.25) is 9.63 Å². The molecule has 1 heterocycles. The lowest BCUT2D eigenvalue weighted by Crippen LogP contribution is -2.37. The molecular weight excluding hydrogens is 189 g/mol. The molecule has 2 rings (SSSR count). The van der Waals surface area contributed by atoms with Crippen LogP contribution in [0.25, 0.3) is 0 Å². The van der Waals surface area contributed by atoms with Crippen LogP contribution in [0.15, 0.2) is 18.2 Å². The Balaban J connectivity index is 2.41. The standard InChI is InChI=1S/C9H8FNO3/c1-13-11-5-14-8-4-6(10)2-3-7(8)9(11)12/h2-4H,5H2,1H3. The number of amides is 1. The molecule has 0 saturated carbocycles. The molecule has 74 valence electrons. The van der Waals surface area contributed by atoms with Gasteiger partial charge in [0.15, 0.2) is 6.73 Å². The highest BCUT2D eigenvalue weighted by Crippen LogP contribution is 2.25. The fraction of sp³-hybridized carbons (Fsp3) is 0.222. The van der Waals surface area contributed by atoms with Gasteiger partial charge < -0.3 is 4.74 Å². The molecule has 1 aliphatic rings. The van der Waals surface area contributed by atoms with Gasteiger partial charge in [0.25, 0.3) is 5.91 Å². The predicted octanol–water partition coefficient (Wildman–Crippen LogP) is 1.18. The van der Waals surface area contributed by atoms with Crippen LogP contribution in [-0.2, 0) is 4.84 Å². The number of hydrogen-bond acceptors (Lipinski definition) is 3. The third-order valence-corrected chi connectivity index (χ3v) is 1.96. The SMILES string of the molecule is CON1COc2cc(F)ccc2C1=O. The minimum atomic E-state index is -0.428. The van der Waals surface area contributed by atoms with Crippen molar-refractivity contribution in [1.29, 1.82) is 0 Å². The van der Waals surface area contributed by atoms with Crippen LogP contribution in [0, 0.1) is 5.82 Å². The molecular formula is C9H8FNO3. The second-order valence-electron chi connectivity index (χ2n) is 2.78. The molecule has 0 N–H and O–H groups in total. The zero-order valence-electron chi connectivity index (χ0n) is 7.49. The normalized spacial score (nSPS) is 15.0. The van der Waals surface area contributed by atoms with Crippen LogP contribution in [0.2, 0.25) is 0 Å². The molecule has 1 amide bonds. The number of benzene rings is 1. The number of carbonyl (C=O) groups is 1. The molecule has 1 aromatic carbocycles. The average molecular weight is 197 g/mol. The number of rotatable bonds is 1. The lowest BCUT2D eigenvalue weighted by molar-refractivity contribution is -0.135. The van der Waals surface area contributed by atoms with Crippen LogP contribution < -0.4 is 4.74 Å². The van der Waals surface area contributed by atoms with Gasteiger partial charge in [0.2, 0.25) is 0 Å². The summed E-state index contributed by atoms with van der Waals surface area (Å²) in [6.45, 7) is -0.0220. The number of nitrogens with zero attached hydrogens (tertiary/aromatic N) is 1.